The van der Waals surface area contributed by atoms with Gasteiger partial charge < -0.3 is 5.32 Å². The average Bonchev–Trinajstić information content (AvgIpc) is 2.70. The van der Waals surface area contributed by atoms with Gasteiger partial charge in [-0.25, -0.2) is 8.42 Å². The standard InChI is InChI=1S/C23H24N2O3S/c1-4-18-10-12-19(13-11-18)24-23(26)21-6-5-7-22(17(21)3)25-29(27,28)20-14-8-16(2)9-15-20/h5-15,25H,4H2,1-3H3,(H,24,26). The third-order valence-corrected chi connectivity index (χ3v) is 6.16. The van der Waals surface area contributed by atoms with E-state index in [2.05, 4.69) is 17.0 Å². The summed E-state index contributed by atoms with van der Waals surface area (Å²) < 4.78 is 28.0. The topological polar surface area (TPSA) is 75.3 Å². The molecule has 0 aliphatic heterocycles. The van der Waals surface area contributed by atoms with Crippen LogP contribution < -0.4 is 10.0 Å². The third-order valence-electron chi connectivity index (χ3n) is 4.77. The third kappa shape index (κ3) is 4.84. The highest BCUT2D eigenvalue weighted by atomic mass is 32.2. The molecule has 0 spiro atoms. The van der Waals surface area contributed by atoms with Crippen LogP contribution in [-0.2, 0) is 16.4 Å². The minimum Gasteiger partial charge on any atom is -0.322 e. The Bertz CT molecular complexity index is 1120. The van der Waals surface area contributed by atoms with Crippen LogP contribution in [0.3, 0.4) is 0 Å². The summed E-state index contributed by atoms with van der Waals surface area (Å²) in [5.41, 5.74) is 4.20. The van der Waals surface area contributed by atoms with Gasteiger partial charge in [0.05, 0.1) is 10.6 Å². The molecule has 0 saturated carbocycles. The molecule has 6 heteroatoms. The first-order valence-electron chi connectivity index (χ1n) is 9.39. The molecular formula is C23H24N2O3S. The number of nitrogens with one attached hydrogen (secondary N) is 2. The second-order valence-electron chi connectivity index (χ2n) is 6.90. The molecule has 1 amide bonds. The van der Waals surface area contributed by atoms with Crippen LogP contribution in [0.4, 0.5) is 11.4 Å². The van der Waals surface area contributed by atoms with Gasteiger partial charge in [0, 0.05) is 11.3 Å². The molecule has 5 nitrogen and oxygen atoms in total. The van der Waals surface area contributed by atoms with Crippen molar-refractivity contribution in [1.82, 2.24) is 0 Å². The zero-order chi connectivity index (χ0) is 21.0. The van der Waals surface area contributed by atoms with Crippen molar-refractivity contribution < 1.29 is 13.2 Å². The van der Waals surface area contributed by atoms with Gasteiger partial charge >= 0.3 is 0 Å². The lowest BCUT2D eigenvalue weighted by Gasteiger charge is -2.14. The summed E-state index contributed by atoms with van der Waals surface area (Å²) >= 11 is 0. The summed E-state index contributed by atoms with van der Waals surface area (Å²) in [4.78, 5) is 12.9. The van der Waals surface area contributed by atoms with Crippen LogP contribution in [0.1, 0.15) is 34.0 Å². The molecule has 29 heavy (non-hydrogen) atoms. The van der Waals surface area contributed by atoms with E-state index >= 15 is 0 Å². The van der Waals surface area contributed by atoms with Crippen LogP contribution in [0.5, 0.6) is 0 Å². The molecular weight excluding hydrogens is 384 g/mol. The Morgan fingerprint density at radius 3 is 2.17 bits per heavy atom. The van der Waals surface area contributed by atoms with Gasteiger partial charge in [0.15, 0.2) is 0 Å². The smallest absolute Gasteiger partial charge is 0.261 e. The molecule has 0 heterocycles. The second-order valence-corrected chi connectivity index (χ2v) is 8.58. The number of sulfonamides is 1. The lowest BCUT2D eigenvalue weighted by Crippen LogP contribution is -2.17. The molecule has 0 aliphatic rings. The first-order chi connectivity index (χ1) is 13.8. The van der Waals surface area contributed by atoms with Crippen LogP contribution >= 0.6 is 0 Å². The van der Waals surface area contributed by atoms with Crippen molar-refractivity contribution in [2.45, 2.75) is 32.1 Å². The van der Waals surface area contributed by atoms with E-state index in [0.29, 0.717) is 22.5 Å². The molecule has 3 aromatic carbocycles. The molecule has 0 aromatic heterocycles. The van der Waals surface area contributed by atoms with Gasteiger partial charge in [-0.15, -0.1) is 0 Å². The van der Waals surface area contributed by atoms with E-state index in [1.165, 1.54) is 5.56 Å². The molecule has 0 aliphatic carbocycles. The molecule has 3 rings (SSSR count). The number of aryl methyl sites for hydroxylation is 2. The predicted octanol–water partition coefficient (Wildman–Crippen LogP) is 4.92. The highest BCUT2D eigenvalue weighted by molar-refractivity contribution is 7.92. The van der Waals surface area contributed by atoms with Crippen molar-refractivity contribution in [1.29, 1.82) is 0 Å². The Morgan fingerprint density at radius 1 is 0.897 bits per heavy atom. The summed E-state index contributed by atoms with van der Waals surface area (Å²) in [5.74, 6) is -0.289. The Balaban J connectivity index is 1.83. The monoisotopic (exact) mass is 408 g/mol. The molecule has 0 atom stereocenters. The van der Waals surface area contributed by atoms with E-state index in [4.69, 9.17) is 0 Å². The maximum atomic E-state index is 12.7. The summed E-state index contributed by atoms with van der Waals surface area (Å²) in [6.45, 7) is 5.69. The quantitative estimate of drug-likeness (QED) is 0.608. The summed E-state index contributed by atoms with van der Waals surface area (Å²) in [6, 6.07) is 19.2. The van der Waals surface area contributed by atoms with E-state index in [9.17, 15) is 13.2 Å². The Labute approximate surface area is 171 Å². The lowest BCUT2D eigenvalue weighted by atomic mass is 10.1. The van der Waals surface area contributed by atoms with Crippen molar-refractivity contribution in [2.24, 2.45) is 0 Å². The number of benzene rings is 3. The fraction of sp³-hybridized carbons (Fsp3) is 0.174. The van der Waals surface area contributed by atoms with Gasteiger partial charge in [-0.1, -0.05) is 42.8 Å². The van der Waals surface area contributed by atoms with Crippen molar-refractivity contribution in [3.8, 4) is 0 Å². The predicted molar refractivity (Wildman–Crippen MR) is 117 cm³/mol. The van der Waals surface area contributed by atoms with E-state index in [1.54, 1.807) is 49.4 Å². The molecule has 3 aromatic rings. The summed E-state index contributed by atoms with van der Waals surface area (Å²) in [7, 11) is -3.74. The maximum Gasteiger partial charge on any atom is 0.261 e. The van der Waals surface area contributed by atoms with Gasteiger partial charge in [0.25, 0.3) is 15.9 Å². The van der Waals surface area contributed by atoms with Crippen LogP contribution in [0.2, 0.25) is 0 Å². The number of carbonyl (C=O) groups is 1. The average molecular weight is 409 g/mol. The number of anilines is 2. The lowest BCUT2D eigenvalue weighted by molar-refractivity contribution is 0.102. The number of hydrogen-bond acceptors (Lipinski definition) is 3. The largest absolute Gasteiger partial charge is 0.322 e. The molecule has 0 unspecified atom stereocenters. The van der Waals surface area contributed by atoms with Gasteiger partial charge in [-0.3, -0.25) is 9.52 Å². The van der Waals surface area contributed by atoms with Crippen molar-refractivity contribution in [2.75, 3.05) is 10.0 Å². The molecule has 0 radical (unpaired) electrons. The van der Waals surface area contributed by atoms with Gasteiger partial charge in [0.1, 0.15) is 0 Å². The Hall–Kier alpha value is -3.12. The number of carbonyl (C=O) groups excluding carboxylic acids is 1. The number of hydrogen-bond donors (Lipinski definition) is 2. The molecule has 150 valence electrons. The fourth-order valence-electron chi connectivity index (χ4n) is 2.94. The zero-order valence-corrected chi connectivity index (χ0v) is 17.5. The number of rotatable bonds is 6. The van der Waals surface area contributed by atoms with Crippen LogP contribution in [0.25, 0.3) is 0 Å². The van der Waals surface area contributed by atoms with Crippen LogP contribution in [0.15, 0.2) is 71.6 Å². The highest BCUT2D eigenvalue weighted by Gasteiger charge is 2.18. The highest BCUT2D eigenvalue weighted by Crippen LogP contribution is 2.24. The van der Waals surface area contributed by atoms with Gasteiger partial charge in [-0.2, -0.15) is 0 Å². The zero-order valence-electron chi connectivity index (χ0n) is 16.7. The van der Waals surface area contributed by atoms with E-state index < -0.39 is 10.0 Å². The molecule has 0 fully saturated rings. The summed E-state index contributed by atoms with van der Waals surface area (Å²) in [6.07, 6.45) is 0.927. The molecule has 0 bridgehead atoms. The second kappa shape index (κ2) is 8.49. The van der Waals surface area contributed by atoms with Crippen molar-refractivity contribution in [3.05, 3.63) is 89.0 Å². The minimum absolute atomic E-state index is 0.174. The van der Waals surface area contributed by atoms with Crippen LogP contribution in [0, 0.1) is 13.8 Å². The number of amides is 1. The first-order valence-corrected chi connectivity index (χ1v) is 10.9. The molecule has 2 N–H and O–H groups in total. The van der Waals surface area contributed by atoms with Gasteiger partial charge in [0.2, 0.25) is 0 Å². The van der Waals surface area contributed by atoms with Crippen LogP contribution in [-0.4, -0.2) is 14.3 Å². The SMILES string of the molecule is CCc1ccc(NC(=O)c2cccc(NS(=O)(=O)c3ccc(C)cc3)c2C)cc1. The van der Waals surface area contributed by atoms with Crippen molar-refractivity contribution >= 4 is 27.3 Å². The van der Waals surface area contributed by atoms with E-state index in [0.717, 1.165) is 12.0 Å². The first kappa shape index (κ1) is 20.6. The summed E-state index contributed by atoms with van der Waals surface area (Å²) in [5, 5.41) is 2.86. The van der Waals surface area contributed by atoms with E-state index in [1.807, 2.05) is 31.2 Å². The van der Waals surface area contributed by atoms with Gasteiger partial charge in [-0.05, 0) is 67.8 Å². The maximum absolute atomic E-state index is 12.7. The fourth-order valence-corrected chi connectivity index (χ4v) is 4.06. The minimum atomic E-state index is -3.74. The normalized spacial score (nSPS) is 11.1. The molecule has 0 saturated heterocycles. The van der Waals surface area contributed by atoms with Crippen molar-refractivity contribution in [3.63, 3.8) is 0 Å². The van der Waals surface area contributed by atoms with E-state index in [-0.39, 0.29) is 10.8 Å². The Kier molecular flexibility index (Phi) is 6.03. The Morgan fingerprint density at radius 2 is 1.55 bits per heavy atom.